The summed E-state index contributed by atoms with van der Waals surface area (Å²) in [5.41, 5.74) is 1.65. The number of hydrogen-bond acceptors (Lipinski definition) is 1. The van der Waals surface area contributed by atoms with E-state index in [1.165, 1.54) is 12.8 Å². The molecule has 0 atom stereocenters. The van der Waals surface area contributed by atoms with Crippen LogP contribution in [0.2, 0.25) is 0 Å². The first kappa shape index (κ1) is 11.3. The van der Waals surface area contributed by atoms with Crippen molar-refractivity contribution in [1.82, 2.24) is 10.3 Å². The summed E-state index contributed by atoms with van der Waals surface area (Å²) < 4.78 is 0. The van der Waals surface area contributed by atoms with Crippen molar-refractivity contribution in [3.8, 4) is 0 Å². The summed E-state index contributed by atoms with van der Waals surface area (Å²) in [6.45, 7) is 2.14. The third kappa shape index (κ3) is 2.01. The van der Waals surface area contributed by atoms with E-state index < -0.39 is 0 Å². The van der Waals surface area contributed by atoms with E-state index in [9.17, 15) is 4.79 Å². The van der Waals surface area contributed by atoms with Gasteiger partial charge in [-0.2, -0.15) is 0 Å². The zero-order chi connectivity index (χ0) is 12.6. The van der Waals surface area contributed by atoms with Crippen molar-refractivity contribution in [1.29, 1.82) is 0 Å². The van der Waals surface area contributed by atoms with E-state index in [1.54, 1.807) is 0 Å². The molecule has 0 spiro atoms. The van der Waals surface area contributed by atoms with E-state index in [2.05, 4.69) is 17.2 Å². The molecular formula is C15H18N2O. The summed E-state index contributed by atoms with van der Waals surface area (Å²) in [4.78, 5) is 15.4. The normalized spacial score (nSPS) is 18.1. The zero-order valence-corrected chi connectivity index (χ0v) is 10.6. The lowest BCUT2D eigenvalue weighted by Gasteiger charge is -2.24. The molecule has 1 amide bonds. The fraction of sp³-hybridized carbons (Fsp3) is 0.400. The number of rotatable bonds is 2. The lowest BCUT2D eigenvalue weighted by atomic mass is 10.0. The standard InChI is InChI=1S/C15H18N2O/c1-15(8-4-5-9-15)17-14(18)13-10-11-6-2-3-7-12(11)16-13/h2-3,6-7,10,16H,4-5,8-9H2,1H3,(H,17,18). The summed E-state index contributed by atoms with van der Waals surface area (Å²) in [6, 6.07) is 9.88. The Balaban J connectivity index is 1.83. The first-order valence-corrected chi connectivity index (χ1v) is 6.57. The average Bonchev–Trinajstić information content (AvgIpc) is 2.95. The zero-order valence-electron chi connectivity index (χ0n) is 10.6. The molecule has 2 aromatic rings. The van der Waals surface area contributed by atoms with Gasteiger partial charge in [-0.15, -0.1) is 0 Å². The first-order chi connectivity index (χ1) is 8.66. The molecule has 2 N–H and O–H groups in total. The maximum Gasteiger partial charge on any atom is 0.268 e. The Hall–Kier alpha value is -1.77. The molecule has 18 heavy (non-hydrogen) atoms. The lowest BCUT2D eigenvalue weighted by molar-refractivity contribution is 0.0904. The molecule has 0 unspecified atom stereocenters. The number of nitrogens with one attached hydrogen (secondary N) is 2. The highest BCUT2D eigenvalue weighted by atomic mass is 16.2. The SMILES string of the molecule is CC1(NC(=O)c2cc3ccccc3[nH]2)CCCC1. The molecule has 1 saturated carbocycles. The van der Waals surface area contributed by atoms with Gasteiger partial charge in [0, 0.05) is 16.4 Å². The fourth-order valence-electron chi connectivity index (χ4n) is 2.82. The van der Waals surface area contributed by atoms with Crippen molar-refractivity contribution in [2.24, 2.45) is 0 Å². The summed E-state index contributed by atoms with van der Waals surface area (Å²) >= 11 is 0. The van der Waals surface area contributed by atoms with Crippen LogP contribution in [0.15, 0.2) is 30.3 Å². The Morgan fingerprint density at radius 2 is 2.00 bits per heavy atom. The molecule has 0 bridgehead atoms. The minimum atomic E-state index is -0.0195. The molecule has 0 saturated heterocycles. The molecule has 1 aromatic carbocycles. The monoisotopic (exact) mass is 242 g/mol. The number of carbonyl (C=O) groups is 1. The number of H-pyrrole nitrogens is 1. The molecule has 1 aliphatic rings. The molecule has 0 radical (unpaired) electrons. The number of fused-ring (bicyclic) bond motifs is 1. The average molecular weight is 242 g/mol. The van der Waals surface area contributed by atoms with Crippen LogP contribution in [-0.4, -0.2) is 16.4 Å². The van der Waals surface area contributed by atoms with Gasteiger partial charge in [-0.3, -0.25) is 4.79 Å². The summed E-state index contributed by atoms with van der Waals surface area (Å²) in [5, 5.41) is 4.24. The van der Waals surface area contributed by atoms with Gasteiger partial charge in [0.25, 0.3) is 5.91 Å². The molecule has 3 rings (SSSR count). The number of para-hydroxylation sites is 1. The Morgan fingerprint density at radius 1 is 1.28 bits per heavy atom. The molecule has 3 heteroatoms. The van der Waals surface area contributed by atoms with E-state index in [-0.39, 0.29) is 11.4 Å². The van der Waals surface area contributed by atoms with Gasteiger partial charge >= 0.3 is 0 Å². The summed E-state index contributed by atoms with van der Waals surface area (Å²) in [7, 11) is 0. The Kier molecular flexibility index (Phi) is 2.62. The molecule has 1 fully saturated rings. The highest BCUT2D eigenvalue weighted by molar-refractivity contribution is 5.98. The van der Waals surface area contributed by atoms with Crippen LogP contribution in [0.5, 0.6) is 0 Å². The molecule has 3 nitrogen and oxygen atoms in total. The molecular weight excluding hydrogens is 224 g/mol. The highest BCUT2D eigenvalue weighted by Crippen LogP contribution is 2.29. The fourth-order valence-corrected chi connectivity index (χ4v) is 2.82. The highest BCUT2D eigenvalue weighted by Gasteiger charge is 2.30. The summed E-state index contributed by atoms with van der Waals surface area (Å²) in [5.74, 6) is 0.00981. The van der Waals surface area contributed by atoms with Crippen LogP contribution in [0.1, 0.15) is 43.1 Å². The van der Waals surface area contributed by atoms with Crippen LogP contribution >= 0.6 is 0 Å². The van der Waals surface area contributed by atoms with Gasteiger partial charge in [-0.1, -0.05) is 31.0 Å². The maximum atomic E-state index is 12.2. The van der Waals surface area contributed by atoms with Crippen LogP contribution in [-0.2, 0) is 0 Å². The number of amides is 1. The van der Waals surface area contributed by atoms with Gasteiger partial charge in [0.2, 0.25) is 0 Å². The largest absolute Gasteiger partial charge is 0.351 e. The topological polar surface area (TPSA) is 44.9 Å². The molecule has 94 valence electrons. The Morgan fingerprint density at radius 3 is 2.72 bits per heavy atom. The second kappa shape index (κ2) is 4.16. The number of aromatic amines is 1. The van der Waals surface area contributed by atoms with E-state index in [0.29, 0.717) is 5.69 Å². The third-order valence-electron chi connectivity index (χ3n) is 3.90. The van der Waals surface area contributed by atoms with Crippen LogP contribution in [0.25, 0.3) is 10.9 Å². The van der Waals surface area contributed by atoms with Crippen molar-refractivity contribution in [2.45, 2.75) is 38.1 Å². The minimum Gasteiger partial charge on any atom is -0.351 e. The smallest absolute Gasteiger partial charge is 0.268 e. The molecule has 0 aliphatic heterocycles. The third-order valence-corrected chi connectivity index (χ3v) is 3.90. The predicted octanol–water partition coefficient (Wildman–Crippen LogP) is 3.23. The van der Waals surface area contributed by atoms with Crippen LogP contribution in [0.4, 0.5) is 0 Å². The molecule has 1 aromatic heterocycles. The maximum absolute atomic E-state index is 12.2. The molecule has 1 aliphatic carbocycles. The van der Waals surface area contributed by atoms with E-state index >= 15 is 0 Å². The molecule has 1 heterocycles. The number of aromatic nitrogens is 1. The number of carbonyl (C=O) groups excluding carboxylic acids is 1. The van der Waals surface area contributed by atoms with Gasteiger partial charge in [0.05, 0.1) is 0 Å². The van der Waals surface area contributed by atoms with Gasteiger partial charge in [0.15, 0.2) is 0 Å². The van der Waals surface area contributed by atoms with Crippen molar-refractivity contribution in [3.63, 3.8) is 0 Å². The minimum absolute atomic E-state index is 0.00981. The van der Waals surface area contributed by atoms with E-state index in [0.717, 1.165) is 23.7 Å². The number of benzene rings is 1. The second-order valence-corrected chi connectivity index (χ2v) is 5.49. The number of hydrogen-bond donors (Lipinski definition) is 2. The van der Waals surface area contributed by atoms with Gasteiger partial charge < -0.3 is 10.3 Å². The van der Waals surface area contributed by atoms with E-state index in [1.807, 2.05) is 30.3 Å². The van der Waals surface area contributed by atoms with Crippen molar-refractivity contribution >= 4 is 16.8 Å². The van der Waals surface area contributed by atoms with Gasteiger partial charge in [0.1, 0.15) is 5.69 Å². The van der Waals surface area contributed by atoms with Crippen LogP contribution in [0, 0.1) is 0 Å². The van der Waals surface area contributed by atoms with Crippen molar-refractivity contribution < 1.29 is 4.79 Å². The predicted molar refractivity (Wildman–Crippen MR) is 72.6 cm³/mol. The second-order valence-electron chi connectivity index (χ2n) is 5.49. The Labute approximate surface area is 107 Å². The van der Waals surface area contributed by atoms with Crippen LogP contribution < -0.4 is 5.32 Å². The van der Waals surface area contributed by atoms with Crippen molar-refractivity contribution in [2.75, 3.05) is 0 Å². The van der Waals surface area contributed by atoms with Crippen LogP contribution in [0.3, 0.4) is 0 Å². The Bertz CT molecular complexity index is 546. The van der Waals surface area contributed by atoms with Crippen molar-refractivity contribution in [3.05, 3.63) is 36.0 Å². The van der Waals surface area contributed by atoms with Gasteiger partial charge in [-0.25, -0.2) is 0 Å². The van der Waals surface area contributed by atoms with Gasteiger partial charge in [-0.05, 0) is 31.9 Å². The lowest BCUT2D eigenvalue weighted by Crippen LogP contribution is -2.43. The first-order valence-electron chi connectivity index (χ1n) is 6.57. The summed E-state index contributed by atoms with van der Waals surface area (Å²) in [6.07, 6.45) is 4.59. The van der Waals surface area contributed by atoms with E-state index in [4.69, 9.17) is 0 Å². The quantitative estimate of drug-likeness (QED) is 0.834.